The summed E-state index contributed by atoms with van der Waals surface area (Å²) in [6.07, 6.45) is 0. The second kappa shape index (κ2) is 6.66. The Morgan fingerprint density at radius 1 is 0.607 bits per heavy atom. The highest BCUT2D eigenvalue weighted by Gasteiger charge is 2.56. The van der Waals surface area contributed by atoms with Crippen LogP contribution in [-0.4, -0.2) is 16.6 Å². The third kappa shape index (κ3) is 3.68. The minimum Gasteiger partial charge on any atom is -0.405 e. The van der Waals surface area contributed by atoms with Gasteiger partial charge in [-0.25, -0.2) is 0 Å². The maximum absolute atomic E-state index is 7.04. The standard InChI is InChI=1S/C24H36O2Si2/c1-17-11-13-19-20-14-12-18(2)16-22(20)24(4,26-28(8,9)10)23(3,21(19)15-17)25-27(5,6)7/h11-16H,1-10H3. The second-order valence-electron chi connectivity index (χ2n) is 10.6. The van der Waals surface area contributed by atoms with Crippen molar-refractivity contribution in [1.29, 1.82) is 0 Å². The molecule has 0 bridgehead atoms. The molecule has 2 aromatic carbocycles. The molecule has 0 saturated carbocycles. The van der Waals surface area contributed by atoms with Crippen molar-refractivity contribution in [1.82, 2.24) is 0 Å². The molecule has 0 amide bonds. The maximum atomic E-state index is 7.04. The molecule has 0 N–H and O–H groups in total. The fourth-order valence-corrected chi connectivity index (χ4v) is 7.68. The summed E-state index contributed by atoms with van der Waals surface area (Å²) >= 11 is 0. The fourth-order valence-electron chi connectivity index (χ4n) is 4.62. The molecule has 28 heavy (non-hydrogen) atoms. The fraction of sp³-hybridized carbons (Fsp3) is 0.500. The highest BCUT2D eigenvalue weighted by Crippen LogP contribution is 2.57. The number of hydrogen-bond donors (Lipinski definition) is 0. The lowest BCUT2D eigenvalue weighted by Crippen LogP contribution is -2.58. The van der Waals surface area contributed by atoms with E-state index >= 15 is 0 Å². The predicted octanol–water partition coefficient (Wildman–Crippen LogP) is 7.12. The van der Waals surface area contributed by atoms with Gasteiger partial charge in [-0.3, -0.25) is 0 Å². The molecule has 0 aromatic heterocycles. The summed E-state index contributed by atoms with van der Waals surface area (Å²) in [5.41, 5.74) is 6.50. The van der Waals surface area contributed by atoms with Gasteiger partial charge in [-0.2, -0.15) is 0 Å². The maximum Gasteiger partial charge on any atom is 0.185 e. The molecule has 0 fully saturated rings. The quantitative estimate of drug-likeness (QED) is 0.498. The molecular weight excluding hydrogens is 376 g/mol. The van der Waals surface area contributed by atoms with Crippen molar-refractivity contribution in [3.8, 4) is 11.1 Å². The molecule has 2 atom stereocenters. The van der Waals surface area contributed by atoms with E-state index in [-0.39, 0.29) is 0 Å². The summed E-state index contributed by atoms with van der Waals surface area (Å²) in [6, 6.07) is 13.6. The Bertz CT molecular complexity index is 832. The van der Waals surface area contributed by atoms with Gasteiger partial charge in [-0.15, -0.1) is 0 Å². The van der Waals surface area contributed by atoms with E-state index in [9.17, 15) is 0 Å². The lowest BCUT2D eigenvalue weighted by molar-refractivity contribution is -0.120. The zero-order valence-electron chi connectivity index (χ0n) is 19.3. The first-order valence-electron chi connectivity index (χ1n) is 10.3. The SMILES string of the molecule is Cc1ccc2c(c1)C(C)(O[Si](C)(C)C)C(C)(O[Si](C)(C)C)c1cc(C)ccc1-2. The first-order chi connectivity index (χ1) is 12.7. The zero-order valence-corrected chi connectivity index (χ0v) is 21.3. The number of fused-ring (bicyclic) bond motifs is 3. The Labute approximate surface area is 173 Å². The normalized spacial score (nSPS) is 24.6. The van der Waals surface area contributed by atoms with E-state index in [1.807, 2.05) is 0 Å². The van der Waals surface area contributed by atoms with Gasteiger partial charge in [0.1, 0.15) is 11.2 Å². The van der Waals surface area contributed by atoms with Gasteiger partial charge < -0.3 is 8.85 Å². The summed E-state index contributed by atoms with van der Waals surface area (Å²) in [6.45, 7) is 22.5. The van der Waals surface area contributed by atoms with Gasteiger partial charge in [0.15, 0.2) is 16.6 Å². The summed E-state index contributed by atoms with van der Waals surface area (Å²) in [4.78, 5) is 0. The zero-order chi connectivity index (χ0) is 21.1. The molecule has 152 valence electrons. The van der Waals surface area contributed by atoms with E-state index < -0.39 is 27.8 Å². The topological polar surface area (TPSA) is 18.5 Å². The number of aryl methyl sites for hydroxylation is 2. The molecule has 1 aliphatic carbocycles. The van der Waals surface area contributed by atoms with Crippen LogP contribution in [0.5, 0.6) is 0 Å². The van der Waals surface area contributed by atoms with Crippen LogP contribution >= 0.6 is 0 Å². The first-order valence-corrected chi connectivity index (χ1v) is 17.1. The molecule has 2 aromatic rings. The Hall–Kier alpha value is -1.21. The summed E-state index contributed by atoms with van der Waals surface area (Å²) in [7, 11) is -3.73. The molecule has 0 radical (unpaired) electrons. The van der Waals surface area contributed by atoms with Gasteiger partial charge in [0.25, 0.3) is 0 Å². The smallest absolute Gasteiger partial charge is 0.185 e. The van der Waals surface area contributed by atoms with Gasteiger partial charge in [0, 0.05) is 0 Å². The van der Waals surface area contributed by atoms with Crippen molar-refractivity contribution in [2.45, 2.75) is 78.2 Å². The lowest BCUT2D eigenvalue weighted by atomic mass is 9.66. The minimum absolute atomic E-state index is 0.542. The van der Waals surface area contributed by atoms with Crippen LogP contribution < -0.4 is 0 Å². The summed E-state index contributed by atoms with van der Waals surface area (Å²) in [5, 5.41) is 0. The van der Waals surface area contributed by atoms with E-state index in [2.05, 4.69) is 103 Å². The lowest BCUT2D eigenvalue weighted by Gasteiger charge is -2.55. The van der Waals surface area contributed by atoms with Crippen LogP contribution in [0.2, 0.25) is 39.3 Å². The van der Waals surface area contributed by atoms with Crippen molar-refractivity contribution >= 4 is 16.6 Å². The number of hydrogen-bond acceptors (Lipinski definition) is 2. The van der Waals surface area contributed by atoms with E-state index in [4.69, 9.17) is 8.85 Å². The van der Waals surface area contributed by atoms with E-state index in [1.165, 1.54) is 33.4 Å². The molecule has 4 heteroatoms. The van der Waals surface area contributed by atoms with Crippen molar-refractivity contribution in [2.24, 2.45) is 0 Å². The largest absolute Gasteiger partial charge is 0.405 e. The van der Waals surface area contributed by atoms with E-state index in [0.717, 1.165) is 0 Å². The van der Waals surface area contributed by atoms with Crippen molar-refractivity contribution in [2.75, 3.05) is 0 Å². The molecule has 1 aliphatic rings. The minimum atomic E-state index is -1.87. The van der Waals surface area contributed by atoms with Gasteiger partial charge in [-0.05, 0) is 89.2 Å². The monoisotopic (exact) mass is 412 g/mol. The van der Waals surface area contributed by atoms with Crippen molar-refractivity contribution in [3.63, 3.8) is 0 Å². The second-order valence-corrected chi connectivity index (χ2v) is 19.5. The van der Waals surface area contributed by atoms with Crippen LogP contribution in [0.4, 0.5) is 0 Å². The predicted molar refractivity (Wildman–Crippen MR) is 125 cm³/mol. The average molecular weight is 413 g/mol. The Kier molecular flexibility index (Phi) is 5.11. The van der Waals surface area contributed by atoms with Gasteiger partial charge in [-0.1, -0.05) is 47.5 Å². The molecular formula is C24H36O2Si2. The Balaban J connectivity index is 2.42. The molecule has 0 aliphatic heterocycles. The molecule has 0 heterocycles. The van der Waals surface area contributed by atoms with Crippen LogP contribution in [0, 0.1) is 13.8 Å². The summed E-state index contributed by atoms with van der Waals surface area (Å²) < 4.78 is 14.1. The Morgan fingerprint density at radius 3 is 1.21 bits per heavy atom. The van der Waals surface area contributed by atoms with Crippen molar-refractivity contribution in [3.05, 3.63) is 58.7 Å². The Morgan fingerprint density at radius 2 is 0.929 bits per heavy atom. The van der Waals surface area contributed by atoms with Crippen LogP contribution in [0.3, 0.4) is 0 Å². The van der Waals surface area contributed by atoms with Gasteiger partial charge in [0.05, 0.1) is 0 Å². The van der Waals surface area contributed by atoms with Crippen LogP contribution in [0.1, 0.15) is 36.1 Å². The third-order valence-electron chi connectivity index (χ3n) is 5.60. The highest BCUT2D eigenvalue weighted by atomic mass is 28.4. The molecule has 0 spiro atoms. The first kappa shape index (κ1) is 21.5. The highest BCUT2D eigenvalue weighted by molar-refractivity contribution is 6.70. The average Bonchev–Trinajstić information content (AvgIpc) is 2.50. The molecule has 2 nitrogen and oxygen atoms in total. The van der Waals surface area contributed by atoms with Gasteiger partial charge in [0.2, 0.25) is 0 Å². The number of benzene rings is 2. The molecule has 2 unspecified atom stereocenters. The van der Waals surface area contributed by atoms with Crippen LogP contribution in [-0.2, 0) is 20.1 Å². The van der Waals surface area contributed by atoms with Crippen LogP contribution in [0.25, 0.3) is 11.1 Å². The van der Waals surface area contributed by atoms with Gasteiger partial charge >= 0.3 is 0 Å². The van der Waals surface area contributed by atoms with E-state index in [0.29, 0.717) is 0 Å². The number of rotatable bonds is 4. The summed E-state index contributed by atoms with van der Waals surface area (Å²) in [5.74, 6) is 0. The van der Waals surface area contributed by atoms with Crippen molar-refractivity contribution < 1.29 is 8.85 Å². The van der Waals surface area contributed by atoms with Crippen LogP contribution in [0.15, 0.2) is 36.4 Å². The van der Waals surface area contributed by atoms with E-state index in [1.54, 1.807) is 0 Å². The third-order valence-corrected chi connectivity index (χ3v) is 7.64. The molecule has 3 rings (SSSR count). The molecule has 0 saturated heterocycles.